The molecule has 160 valence electrons. The zero-order valence-corrected chi connectivity index (χ0v) is 17.7. The predicted molar refractivity (Wildman–Crippen MR) is 114 cm³/mol. The van der Waals surface area contributed by atoms with Gasteiger partial charge in [-0.25, -0.2) is 9.97 Å². The maximum atomic E-state index is 13.0. The molecular weight excluding hydrogens is 382 g/mol. The third-order valence-corrected chi connectivity index (χ3v) is 5.97. The number of hydrogen-bond donors (Lipinski definition) is 0. The van der Waals surface area contributed by atoms with E-state index in [1.807, 2.05) is 29.2 Å². The Bertz CT molecular complexity index is 855. The van der Waals surface area contributed by atoms with Crippen LogP contribution in [-0.2, 0) is 4.79 Å². The molecule has 0 N–H and O–H groups in total. The van der Waals surface area contributed by atoms with Gasteiger partial charge in [-0.2, -0.15) is 0 Å². The van der Waals surface area contributed by atoms with Crippen molar-refractivity contribution in [3.63, 3.8) is 0 Å². The van der Waals surface area contributed by atoms with E-state index in [9.17, 15) is 4.79 Å². The van der Waals surface area contributed by atoms with E-state index in [0.717, 1.165) is 55.5 Å². The van der Waals surface area contributed by atoms with Crippen molar-refractivity contribution in [1.82, 2.24) is 19.8 Å². The molecule has 4 rings (SSSR count). The minimum Gasteiger partial charge on any atom is -0.497 e. The van der Waals surface area contributed by atoms with Crippen LogP contribution < -0.4 is 14.4 Å². The molecule has 1 aromatic carbocycles. The van der Waals surface area contributed by atoms with E-state index in [-0.39, 0.29) is 11.9 Å². The third-order valence-electron chi connectivity index (χ3n) is 5.97. The van der Waals surface area contributed by atoms with E-state index in [2.05, 4.69) is 19.8 Å². The summed E-state index contributed by atoms with van der Waals surface area (Å²) in [4.78, 5) is 28.0. The van der Waals surface area contributed by atoms with Crippen LogP contribution in [0.25, 0.3) is 0 Å². The number of benzene rings is 1. The number of rotatable bonds is 6. The van der Waals surface area contributed by atoms with E-state index in [1.54, 1.807) is 26.6 Å². The second-order valence-electron chi connectivity index (χ2n) is 7.65. The van der Waals surface area contributed by atoms with Crippen LogP contribution in [0, 0.1) is 0 Å². The Morgan fingerprint density at radius 3 is 2.53 bits per heavy atom. The summed E-state index contributed by atoms with van der Waals surface area (Å²) in [6.07, 6.45) is 5.58. The SMILES string of the molecule is COc1ccc(OC)c([C@H]2CCCN2CC(=O)N2CCN(c3ncccn3)CC2)c1. The van der Waals surface area contributed by atoms with E-state index in [0.29, 0.717) is 19.6 Å². The Balaban J connectivity index is 1.39. The van der Waals surface area contributed by atoms with Crippen LogP contribution in [0.2, 0.25) is 0 Å². The largest absolute Gasteiger partial charge is 0.497 e. The summed E-state index contributed by atoms with van der Waals surface area (Å²) in [5.74, 6) is 2.56. The van der Waals surface area contributed by atoms with E-state index < -0.39 is 0 Å². The van der Waals surface area contributed by atoms with Crippen LogP contribution in [-0.4, -0.2) is 79.2 Å². The fourth-order valence-corrected chi connectivity index (χ4v) is 4.35. The van der Waals surface area contributed by atoms with Gasteiger partial charge in [-0.3, -0.25) is 9.69 Å². The summed E-state index contributed by atoms with van der Waals surface area (Å²) in [6.45, 7) is 4.23. The van der Waals surface area contributed by atoms with Gasteiger partial charge in [-0.05, 0) is 43.7 Å². The first-order chi connectivity index (χ1) is 14.7. The first-order valence-corrected chi connectivity index (χ1v) is 10.5. The molecule has 0 unspecified atom stereocenters. The van der Waals surface area contributed by atoms with Gasteiger partial charge in [-0.15, -0.1) is 0 Å². The Kier molecular flexibility index (Phi) is 6.32. The molecule has 2 fully saturated rings. The Morgan fingerprint density at radius 1 is 1.07 bits per heavy atom. The smallest absolute Gasteiger partial charge is 0.236 e. The average Bonchev–Trinajstić information content (AvgIpc) is 3.27. The van der Waals surface area contributed by atoms with Gasteiger partial charge in [0.05, 0.1) is 20.8 Å². The molecule has 3 heterocycles. The maximum Gasteiger partial charge on any atom is 0.236 e. The molecule has 0 aliphatic carbocycles. The topological polar surface area (TPSA) is 71.0 Å². The Morgan fingerprint density at radius 2 is 1.83 bits per heavy atom. The van der Waals surface area contributed by atoms with E-state index in [1.165, 1.54) is 0 Å². The fourth-order valence-electron chi connectivity index (χ4n) is 4.35. The number of methoxy groups -OCH3 is 2. The van der Waals surface area contributed by atoms with Crippen LogP contribution in [0.5, 0.6) is 11.5 Å². The first kappa shape index (κ1) is 20.4. The van der Waals surface area contributed by atoms with Crippen molar-refractivity contribution >= 4 is 11.9 Å². The lowest BCUT2D eigenvalue weighted by Gasteiger charge is -2.36. The quantitative estimate of drug-likeness (QED) is 0.720. The molecule has 1 aromatic heterocycles. The molecular formula is C22H29N5O3. The van der Waals surface area contributed by atoms with Gasteiger partial charge in [0, 0.05) is 50.2 Å². The van der Waals surface area contributed by atoms with Crippen LogP contribution in [0.1, 0.15) is 24.4 Å². The molecule has 30 heavy (non-hydrogen) atoms. The molecule has 0 bridgehead atoms. The molecule has 8 nitrogen and oxygen atoms in total. The predicted octanol–water partition coefficient (Wildman–Crippen LogP) is 1.98. The number of carbonyl (C=O) groups excluding carboxylic acids is 1. The van der Waals surface area contributed by atoms with E-state index in [4.69, 9.17) is 9.47 Å². The van der Waals surface area contributed by atoms with Crippen molar-refractivity contribution in [3.05, 3.63) is 42.2 Å². The molecule has 0 saturated carbocycles. The normalized spacial score (nSPS) is 19.7. The lowest BCUT2D eigenvalue weighted by molar-refractivity contribution is -0.133. The number of aromatic nitrogens is 2. The van der Waals surface area contributed by atoms with Crippen LogP contribution in [0.4, 0.5) is 5.95 Å². The molecule has 0 spiro atoms. The summed E-state index contributed by atoms with van der Waals surface area (Å²) in [7, 11) is 3.35. The maximum absolute atomic E-state index is 13.0. The number of carbonyl (C=O) groups is 1. The molecule has 8 heteroatoms. The van der Waals surface area contributed by atoms with Gasteiger partial charge in [-0.1, -0.05) is 0 Å². The highest BCUT2D eigenvalue weighted by Crippen LogP contribution is 2.38. The molecule has 2 aromatic rings. The van der Waals surface area contributed by atoms with Crippen molar-refractivity contribution in [2.24, 2.45) is 0 Å². The van der Waals surface area contributed by atoms with Gasteiger partial charge < -0.3 is 19.3 Å². The lowest BCUT2D eigenvalue weighted by atomic mass is 10.0. The zero-order valence-electron chi connectivity index (χ0n) is 17.7. The minimum absolute atomic E-state index is 0.165. The monoisotopic (exact) mass is 411 g/mol. The van der Waals surface area contributed by atoms with Gasteiger partial charge in [0.1, 0.15) is 11.5 Å². The molecule has 0 radical (unpaired) electrons. The zero-order chi connectivity index (χ0) is 20.9. The Hall–Kier alpha value is -2.87. The van der Waals surface area contributed by atoms with Crippen molar-refractivity contribution < 1.29 is 14.3 Å². The van der Waals surface area contributed by atoms with Crippen molar-refractivity contribution in [1.29, 1.82) is 0 Å². The standard InChI is InChI=1S/C22H29N5O3/c1-29-17-6-7-20(30-2)18(15-17)19-5-3-10-27(19)16-21(28)25-11-13-26(14-12-25)22-23-8-4-9-24-22/h4,6-9,15,19H,3,5,10-14,16H2,1-2H3/t19-/m1/s1. The summed E-state index contributed by atoms with van der Waals surface area (Å²) in [5, 5.41) is 0. The lowest BCUT2D eigenvalue weighted by Crippen LogP contribution is -2.51. The van der Waals surface area contributed by atoms with Crippen LogP contribution >= 0.6 is 0 Å². The Labute approximate surface area is 177 Å². The molecule has 2 saturated heterocycles. The number of piperazine rings is 1. The minimum atomic E-state index is 0.165. The summed E-state index contributed by atoms with van der Waals surface area (Å²) in [6, 6.07) is 7.86. The summed E-state index contributed by atoms with van der Waals surface area (Å²) < 4.78 is 11.0. The van der Waals surface area contributed by atoms with Crippen LogP contribution in [0.15, 0.2) is 36.7 Å². The first-order valence-electron chi connectivity index (χ1n) is 10.5. The van der Waals surface area contributed by atoms with Crippen molar-refractivity contribution in [3.8, 4) is 11.5 Å². The van der Waals surface area contributed by atoms with Gasteiger partial charge in [0.2, 0.25) is 11.9 Å². The number of amides is 1. The summed E-state index contributed by atoms with van der Waals surface area (Å²) in [5.41, 5.74) is 1.09. The fraction of sp³-hybridized carbons (Fsp3) is 0.500. The number of hydrogen-bond acceptors (Lipinski definition) is 7. The average molecular weight is 412 g/mol. The third kappa shape index (κ3) is 4.33. The molecule has 2 aliphatic rings. The van der Waals surface area contributed by atoms with Gasteiger partial charge in [0.15, 0.2) is 0 Å². The molecule has 1 amide bonds. The van der Waals surface area contributed by atoms with Crippen molar-refractivity contribution in [2.45, 2.75) is 18.9 Å². The molecule has 1 atom stereocenters. The number of nitrogens with zero attached hydrogens (tertiary/aromatic N) is 5. The number of anilines is 1. The highest BCUT2D eigenvalue weighted by Gasteiger charge is 2.32. The second-order valence-corrected chi connectivity index (χ2v) is 7.65. The van der Waals surface area contributed by atoms with Crippen LogP contribution in [0.3, 0.4) is 0 Å². The highest BCUT2D eigenvalue weighted by molar-refractivity contribution is 5.78. The highest BCUT2D eigenvalue weighted by atomic mass is 16.5. The van der Waals surface area contributed by atoms with Crippen molar-refractivity contribution in [2.75, 3.05) is 58.4 Å². The number of likely N-dealkylation sites (tertiary alicyclic amines) is 1. The van der Waals surface area contributed by atoms with E-state index >= 15 is 0 Å². The molecule has 2 aliphatic heterocycles. The second kappa shape index (κ2) is 9.30. The summed E-state index contributed by atoms with van der Waals surface area (Å²) >= 11 is 0. The van der Waals surface area contributed by atoms with Gasteiger partial charge in [0.25, 0.3) is 0 Å². The number of ether oxygens (including phenoxy) is 2. The van der Waals surface area contributed by atoms with Gasteiger partial charge >= 0.3 is 0 Å².